The molecule has 0 fully saturated rings. The Kier molecular flexibility index (Phi) is 13.6. The lowest BCUT2D eigenvalue weighted by Crippen LogP contribution is -2.39. The molecule has 3 atom stereocenters. The molecule has 0 aliphatic rings. The molecule has 1 rings (SSSR count). The van der Waals surface area contributed by atoms with E-state index in [1.165, 1.54) is 0 Å². The zero-order chi connectivity index (χ0) is 24.3. The maximum Gasteiger partial charge on any atom is 0.330 e. The van der Waals surface area contributed by atoms with Crippen molar-refractivity contribution in [3.63, 3.8) is 0 Å². The quantitative estimate of drug-likeness (QED) is 0.187. The Morgan fingerprint density at radius 3 is 2.38 bits per heavy atom. The minimum Gasteiger partial charge on any atom is -0.344 e. The lowest BCUT2D eigenvalue weighted by atomic mass is 10.3. The molecule has 1 heterocycles. The van der Waals surface area contributed by atoms with Crippen LogP contribution in [0.25, 0.3) is 0 Å². The van der Waals surface area contributed by atoms with Crippen molar-refractivity contribution >= 4 is 31.5 Å². The normalized spacial score (nSPS) is 14.8. The van der Waals surface area contributed by atoms with E-state index in [9.17, 15) is 18.4 Å². The Labute approximate surface area is 200 Å². The highest BCUT2D eigenvalue weighted by Crippen LogP contribution is 2.46. The second-order valence-corrected chi connectivity index (χ2v) is 9.20. The third-order valence-electron chi connectivity index (χ3n) is 3.95. The van der Waals surface area contributed by atoms with Crippen LogP contribution in [-0.4, -0.2) is 58.7 Å². The molecule has 14 heteroatoms. The topological polar surface area (TPSA) is 119 Å². The first-order valence-corrected chi connectivity index (χ1v) is 11.8. The molecule has 3 unspecified atom stereocenters. The number of H-pyrrole nitrogens is 1. The summed E-state index contributed by atoms with van der Waals surface area (Å²) in [5, 5.41) is 8.79. The first-order valence-electron chi connectivity index (χ1n) is 9.82. The molecule has 182 valence electrons. The van der Waals surface area contributed by atoms with Crippen molar-refractivity contribution in [1.82, 2.24) is 14.2 Å². The van der Waals surface area contributed by atoms with Crippen LogP contribution in [0.3, 0.4) is 0 Å². The van der Waals surface area contributed by atoms with E-state index in [1.54, 1.807) is 23.0 Å². The largest absolute Gasteiger partial charge is 0.344 e. The number of nitrogens with zero attached hydrogens (tertiary/aromatic N) is 3. The molecule has 0 amide bonds. The molecule has 0 spiro atoms. The van der Waals surface area contributed by atoms with Crippen LogP contribution in [0.2, 0.25) is 0 Å². The fraction of sp³-hybridized carbons (Fsp3) is 0.722. The van der Waals surface area contributed by atoms with E-state index in [4.69, 9.17) is 22.1 Å². The maximum atomic E-state index is 13.7. The van der Waals surface area contributed by atoms with E-state index < -0.39 is 38.5 Å². The Balaban J connectivity index is 3.03. The Hall–Kier alpha value is -1.01. The smallest absolute Gasteiger partial charge is 0.330 e. The van der Waals surface area contributed by atoms with Gasteiger partial charge in [0.1, 0.15) is 29.1 Å². The van der Waals surface area contributed by atoms with Gasteiger partial charge in [-0.05, 0) is 27.7 Å². The van der Waals surface area contributed by atoms with E-state index in [1.807, 2.05) is 43.4 Å². The molecular weight excluding hydrogens is 564 g/mol. The molecule has 0 saturated carbocycles. The number of rotatable bonds is 15. The van der Waals surface area contributed by atoms with Gasteiger partial charge in [0.05, 0.1) is 32.3 Å². The van der Waals surface area contributed by atoms with Crippen LogP contribution >= 0.6 is 31.5 Å². The summed E-state index contributed by atoms with van der Waals surface area (Å²) in [5.74, 6) is 0. The highest BCUT2D eigenvalue weighted by atomic mass is 127. The van der Waals surface area contributed by atoms with Crippen LogP contribution in [0.5, 0.6) is 0 Å². The highest BCUT2D eigenvalue weighted by molar-refractivity contribution is 14.1. The molecule has 1 N–H and O–H groups in total. The molecular formula is C18H28F2IN4O6P. The van der Waals surface area contributed by atoms with Crippen molar-refractivity contribution < 1.29 is 25.6 Å². The van der Waals surface area contributed by atoms with Crippen LogP contribution in [0.4, 0.5) is 8.78 Å². The molecule has 32 heavy (non-hydrogen) atoms. The Morgan fingerprint density at radius 1 is 1.22 bits per heavy atom. The second-order valence-electron chi connectivity index (χ2n) is 7.12. The van der Waals surface area contributed by atoms with Gasteiger partial charge in [-0.2, -0.15) is 5.26 Å². The Morgan fingerprint density at radius 2 is 1.88 bits per heavy atom. The summed E-state index contributed by atoms with van der Waals surface area (Å²) in [5.41, 5.74) is -1.73. The van der Waals surface area contributed by atoms with Gasteiger partial charge in [0.15, 0.2) is 6.23 Å². The molecule has 0 aromatic carbocycles. The van der Waals surface area contributed by atoms with Crippen LogP contribution in [0, 0.1) is 11.3 Å². The van der Waals surface area contributed by atoms with Crippen LogP contribution in [0.1, 0.15) is 40.3 Å². The zero-order valence-electron chi connectivity index (χ0n) is 18.2. The lowest BCUT2D eigenvalue weighted by molar-refractivity contribution is -0.148. The van der Waals surface area contributed by atoms with Gasteiger partial charge in [-0.15, -0.1) is 0 Å². The number of aromatic amines is 1. The fourth-order valence-electron chi connectivity index (χ4n) is 2.73. The first-order chi connectivity index (χ1) is 15.1. The minimum atomic E-state index is -3.06. The summed E-state index contributed by atoms with van der Waals surface area (Å²) in [7, 11) is -1.62. The van der Waals surface area contributed by atoms with E-state index in [0.717, 1.165) is 12.3 Å². The van der Waals surface area contributed by atoms with Crippen molar-refractivity contribution in [1.29, 1.82) is 5.26 Å². The number of alkyl halides is 2. The second kappa shape index (κ2) is 15.0. The number of hydrogen-bond acceptors (Lipinski definition) is 8. The van der Waals surface area contributed by atoms with Crippen LogP contribution in [-0.2, 0) is 16.9 Å². The highest BCUT2D eigenvalue weighted by Gasteiger charge is 2.31. The van der Waals surface area contributed by atoms with Gasteiger partial charge in [-0.1, -0.05) is 0 Å². The summed E-state index contributed by atoms with van der Waals surface area (Å²) in [6, 6.07) is 3.05. The van der Waals surface area contributed by atoms with Gasteiger partial charge in [0.25, 0.3) is 20.5 Å². The summed E-state index contributed by atoms with van der Waals surface area (Å²) in [6.45, 7) is 7.73. The summed E-state index contributed by atoms with van der Waals surface area (Å²) in [4.78, 5) is 25.1. The van der Waals surface area contributed by atoms with Gasteiger partial charge in [-0.3, -0.25) is 14.3 Å². The number of nitriles is 1. The fourth-order valence-corrected chi connectivity index (χ4v) is 4.77. The molecule has 0 aliphatic carbocycles. The van der Waals surface area contributed by atoms with E-state index in [0.29, 0.717) is 4.57 Å². The molecule has 0 saturated heterocycles. The third kappa shape index (κ3) is 9.46. The summed E-state index contributed by atoms with van der Waals surface area (Å²) >= 11 is 1.60. The van der Waals surface area contributed by atoms with Gasteiger partial charge >= 0.3 is 5.69 Å². The SMILES string of the molecule is CC(C)N(C(C)C)P(OCCC#N)OCC(COI)OC(C(F)F)n1ccc(=O)[nH]c1=O. The van der Waals surface area contributed by atoms with E-state index in [-0.39, 0.29) is 38.3 Å². The average Bonchev–Trinajstić information content (AvgIpc) is 2.69. The number of nitrogens with one attached hydrogen (secondary N) is 1. The number of halogens is 3. The molecule has 10 nitrogen and oxygen atoms in total. The average molecular weight is 592 g/mol. The lowest BCUT2D eigenvalue weighted by Gasteiger charge is -2.36. The molecule has 0 radical (unpaired) electrons. The van der Waals surface area contributed by atoms with Gasteiger partial charge < -0.3 is 16.9 Å². The van der Waals surface area contributed by atoms with Crippen molar-refractivity contribution in [3.8, 4) is 6.07 Å². The number of aromatic nitrogens is 2. The van der Waals surface area contributed by atoms with E-state index in [2.05, 4.69) is 0 Å². The van der Waals surface area contributed by atoms with Crippen molar-refractivity contribution in [2.75, 3.05) is 19.8 Å². The summed E-state index contributed by atoms with van der Waals surface area (Å²) in [6.07, 6.45) is -4.89. The molecule has 1 aromatic heterocycles. The first kappa shape index (κ1) is 29.0. The predicted molar refractivity (Wildman–Crippen MR) is 122 cm³/mol. The maximum absolute atomic E-state index is 13.7. The van der Waals surface area contributed by atoms with Crippen molar-refractivity contribution in [3.05, 3.63) is 33.1 Å². The van der Waals surface area contributed by atoms with Gasteiger partial charge in [-0.25, -0.2) is 18.2 Å². The number of hydrogen-bond donors (Lipinski definition) is 1. The molecule has 1 aromatic rings. The third-order valence-corrected chi connectivity index (χ3v) is 6.39. The van der Waals surface area contributed by atoms with Gasteiger partial charge in [0.2, 0.25) is 0 Å². The van der Waals surface area contributed by atoms with Crippen molar-refractivity contribution in [2.24, 2.45) is 0 Å². The van der Waals surface area contributed by atoms with Crippen LogP contribution in [0.15, 0.2) is 21.9 Å². The summed E-state index contributed by atoms with van der Waals surface area (Å²) < 4.78 is 52.1. The standard InChI is InChI=1S/C18H28F2IN4O6P/c1-12(2)25(13(3)4)32(29-9-5-7-22)30-11-14(10-28-21)31-17(16(19)20)24-8-6-15(26)23-18(24)27/h6,8,12-14,16-17H,5,9-11H2,1-4H3,(H,23,26,27). The predicted octanol–water partition coefficient (Wildman–Crippen LogP) is 3.34. The van der Waals surface area contributed by atoms with Crippen LogP contribution < -0.4 is 11.2 Å². The molecule has 0 bridgehead atoms. The van der Waals surface area contributed by atoms with Gasteiger partial charge in [0, 0.05) is 24.3 Å². The van der Waals surface area contributed by atoms with E-state index >= 15 is 0 Å². The minimum absolute atomic E-state index is 0.0527. The van der Waals surface area contributed by atoms with Crippen molar-refractivity contribution in [2.45, 2.75) is 65.0 Å². The monoisotopic (exact) mass is 592 g/mol. The molecule has 0 aliphatic heterocycles. The zero-order valence-corrected chi connectivity index (χ0v) is 21.3. The number of ether oxygens (including phenoxy) is 1. The Bertz CT molecular complexity index is 827.